The summed E-state index contributed by atoms with van der Waals surface area (Å²) in [5.74, 6) is -1.93. The number of hydrogen-bond donors (Lipinski definition) is 3. The van der Waals surface area contributed by atoms with Crippen LogP contribution in [0.15, 0.2) is 42.5 Å². The van der Waals surface area contributed by atoms with Crippen molar-refractivity contribution in [3.8, 4) is 5.75 Å². The molecule has 11 nitrogen and oxygen atoms in total. The highest BCUT2D eigenvalue weighted by atomic mass is 35.5. The SMILES string of the molecule is O=C(O)[C@H](Cc1ccc(OCc2c(Cl)cccc2Cl)cc1)NC(=O)[C@@H]1OCO[C@H]1C(=O)NCCN1CCOCC1. The van der Waals surface area contributed by atoms with E-state index in [-0.39, 0.29) is 19.8 Å². The number of carbonyl (C=O) groups excluding carboxylic acids is 2. The number of aliphatic carboxylic acids is 1. The van der Waals surface area contributed by atoms with Gasteiger partial charge in [0.15, 0.2) is 12.2 Å². The monoisotopic (exact) mass is 595 g/mol. The Morgan fingerprint density at radius 3 is 2.30 bits per heavy atom. The number of halogens is 2. The molecule has 2 amide bonds. The topological polar surface area (TPSA) is 136 Å². The van der Waals surface area contributed by atoms with Crippen LogP contribution in [0.25, 0.3) is 0 Å². The van der Waals surface area contributed by atoms with E-state index in [9.17, 15) is 19.5 Å². The zero-order valence-electron chi connectivity index (χ0n) is 21.6. The van der Waals surface area contributed by atoms with Gasteiger partial charge in [-0.15, -0.1) is 0 Å². The molecule has 2 aliphatic heterocycles. The first kappa shape index (κ1) is 30.0. The fraction of sp³-hybridized carbons (Fsp3) is 0.444. The molecule has 2 saturated heterocycles. The lowest BCUT2D eigenvalue weighted by Crippen LogP contribution is -2.53. The third-order valence-electron chi connectivity index (χ3n) is 6.54. The van der Waals surface area contributed by atoms with Crippen molar-refractivity contribution >= 4 is 41.0 Å². The van der Waals surface area contributed by atoms with Crippen molar-refractivity contribution in [2.24, 2.45) is 0 Å². The lowest BCUT2D eigenvalue weighted by atomic mass is 10.0. The summed E-state index contributed by atoms with van der Waals surface area (Å²) in [5, 5.41) is 15.9. The number of nitrogens with one attached hydrogen (secondary N) is 2. The molecule has 40 heavy (non-hydrogen) atoms. The van der Waals surface area contributed by atoms with Crippen LogP contribution in [0.1, 0.15) is 11.1 Å². The normalized spacial score (nSPS) is 20.1. The van der Waals surface area contributed by atoms with Crippen molar-refractivity contribution in [2.75, 3.05) is 46.2 Å². The highest BCUT2D eigenvalue weighted by Crippen LogP contribution is 2.26. The molecule has 2 aliphatic rings. The highest BCUT2D eigenvalue weighted by molar-refractivity contribution is 6.35. The Morgan fingerprint density at radius 2 is 1.65 bits per heavy atom. The largest absolute Gasteiger partial charge is 0.489 e. The minimum atomic E-state index is -1.27. The van der Waals surface area contributed by atoms with E-state index in [4.69, 9.17) is 42.1 Å². The number of ether oxygens (including phenoxy) is 4. The lowest BCUT2D eigenvalue weighted by Gasteiger charge is -2.26. The van der Waals surface area contributed by atoms with E-state index in [0.29, 0.717) is 53.2 Å². The van der Waals surface area contributed by atoms with Crippen LogP contribution in [-0.2, 0) is 41.6 Å². The summed E-state index contributed by atoms with van der Waals surface area (Å²) in [4.78, 5) is 39.6. The third-order valence-corrected chi connectivity index (χ3v) is 7.25. The van der Waals surface area contributed by atoms with Crippen molar-refractivity contribution in [3.63, 3.8) is 0 Å². The number of morpholine rings is 1. The second-order valence-corrected chi connectivity index (χ2v) is 10.1. The third kappa shape index (κ3) is 8.29. The first-order valence-electron chi connectivity index (χ1n) is 12.8. The minimum Gasteiger partial charge on any atom is -0.489 e. The van der Waals surface area contributed by atoms with Crippen molar-refractivity contribution in [2.45, 2.75) is 31.3 Å². The number of hydrogen-bond acceptors (Lipinski definition) is 8. The summed E-state index contributed by atoms with van der Waals surface area (Å²) in [6.07, 6.45) is -2.44. The predicted molar refractivity (Wildman–Crippen MR) is 145 cm³/mol. The molecule has 3 atom stereocenters. The van der Waals surface area contributed by atoms with E-state index < -0.39 is 36.0 Å². The molecular formula is C27H31Cl2N3O8. The van der Waals surface area contributed by atoms with Gasteiger partial charge in [-0.3, -0.25) is 14.5 Å². The number of carboxylic acids is 1. The number of nitrogens with zero attached hydrogens (tertiary/aromatic N) is 1. The maximum atomic E-state index is 12.9. The predicted octanol–water partition coefficient (Wildman–Crippen LogP) is 1.87. The van der Waals surface area contributed by atoms with Crippen LogP contribution < -0.4 is 15.4 Å². The average Bonchev–Trinajstić information content (AvgIpc) is 3.44. The van der Waals surface area contributed by atoms with E-state index in [2.05, 4.69) is 15.5 Å². The molecule has 2 aromatic carbocycles. The molecule has 13 heteroatoms. The second kappa shape index (κ2) is 14.6. The summed E-state index contributed by atoms with van der Waals surface area (Å²) >= 11 is 12.4. The average molecular weight is 596 g/mol. The van der Waals surface area contributed by atoms with Crippen molar-refractivity contribution < 1.29 is 38.4 Å². The molecule has 2 fully saturated rings. The molecule has 0 unspecified atom stereocenters. The van der Waals surface area contributed by atoms with Crippen molar-refractivity contribution in [1.29, 1.82) is 0 Å². The van der Waals surface area contributed by atoms with Gasteiger partial charge in [0, 0.05) is 48.2 Å². The maximum Gasteiger partial charge on any atom is 0.326 e. The highest BCUT2D eigenvalue weighted by Gasteiger charge is 2.41. The Labute approximate surface area is 241 Å². The first-order chi connectivity index (χ1) is 19.3. The lowest BCUT2D eigenvalue weighted by molar-refractivity contribution is -0.144. The van der Waals surface area contributed by atoms with Crippen LogP contribution in [-0.4, -0.2) is 92.2 Å². The molecular weight excluding hydrogens is 565 g/mol. The summed E-state index contributed by atoms with van der Waals surface area (Å²) in [7, 11) is 0. The van der Waals surface area contributed by atoms with Crippen LogP contribution in [0, 0.1) is 0 Å². The molecule has 3 N–H and O–H groups in total. The zero-order chi connectivity index (χ0) is 28.5. The maximum absolute atomic E-state index is 12.9. The van der Waals surface area contributed by atoms with Crippen LogP contribution in [0.5, 0.6) is 5.75 Å². The van der Waals surface area contributed by atoms with Gasteiger partial charge in [0.25, 0.3) is 11.8 Å². The quantitative estimate of drug-likeness (QED) is 0.336. The fourth-order valence-corrected chi connectivity index (χ4v) is 4.79. The van der Waals surface area contributed by atoms with Gasteiger partial charge >= 0.3 is 5.97 Å². The molecule has 0 saturated carbocycles. The molecule has 2 heterocycles. The van der Waals surface area contributed by atoms with Gasteiger partial charge in [0.1, 0.15) is 25.2 Å². The van der Waals surface area contributed by atoms with E-state index >= 15 is 0 Å². The van der Waals surface area contributed by atoms with Gasteiger partial charge in [-0.25, -0.2) is 4.79 Å². The van der Waals surface area contributed by atoms with Gasteiger partial charge in [-0.05, 0) is 29.8 Å². The van der Waals surface area contributed by atoms with E-state index in [1.807, 2.05) is 0 Å². The molecule has 0 bridgehead atoms. The van der Waals surface area contributed by atoms with Gasteiger partial charge < -0.3 is 34.7 Å². The standard InChI is InChI=1S/C27H31Cl2N3O8/c28-20-2-1-3-21(29)19(20)15-38-18-6-4-17(5-7-18)14-22(27(35)36)31-26(34)24-23(39-16-40-24)25(33)30-8-9-32-10-12-37-13-11-32/h1-7,22-24H,8-16H2,(H,30,33)(H,31,34)(H,35,36)/t22-,23+,24+/m0/s1. The van der Waals surface area contributed by atoms with E-state index in [0.717, 1.165) is 13.1 Å². The molecule has 0 aliphatic carbocycles. The van der Waals surface area contributed by atoms with Gasteiger partial charge in [-0.2, -0.15) is 0 Å². The summed E-state index contributed by atoms with van der Waals surface area (Å²) in [5.41, 5.74) is 1.31. The van der Waals surface area contributed by atoms with Crippen molar-refractivity contribution in [1.82, 2.24) is 15.5 Å². The molecule has 4 rings (SSSR count). The van der Waals surface area contributed by atoms with Gasteiger partial charge in [0.2, 0.25) is 0 Å². The zero-order valence-corrected chi connectivity index (χ0v) is 23.2. The number of rotatable bonds is 12. The second-order valence-electron chi connectivity index (χ2n) is 9.27. The Morgan fingerprint density at radius 1 is 1.00 bits per heavy atom. The molecule has 0 radical (unpaired) electrons. The van der Waals surface area contributed by atoms with Gasteiger partial charge in [0.05, 0.1) is 13.2 Å². The summed E-state index contributed by atoms with van der Waals surface area (Å²) < 4.78 is 21.7. The molecule has 2 aromatic rings. The minimum absolute atomic E-state index is 0.00167. The Kier molecular flexibility index (Phi) is 11.0. The Balaban J connectivity index is 1.27. The number of carbonyl (C=O) groups is 3. The molecule has 0 spiro atoms. The van der Waals surface area contributed by atoms with Gasteiger partial charge in [-0.1, -0.05) is 41.4 Å². The number of benzene rings is 2. The van der Waals surface area contributed by atoms with Crippen molar-refractivity contribution in [3.05, 3.63) is 63.6 Å². The fourth-order valence-electron chi connectivity index (χ4n) is 4.29. The van der Waals surface area contributed by atoms with Crippen LogP contribution >= 0.6 is 23.2 Å². The van der Waals surface area contributed by atoms with Crippen LogP contribution in [0.3, 0.4) is 0 Å². The van der Waals surface area contributed by atoms with Crippen LogP contribution in [0.2, 0.25) is 10.0 Å². The number of carboxylic acid groups (broad SMARTS) is 1. The Bertz CT molecular complexity index is 1160. The smallest absolute Gasteiger partial charge is 0.326 e. The van der Waals surface area contributed by atoms with E-state index in [1.54, 1.807) is 42.5 Å². The number of amides is 2. The first-order valence-corrected chi connectivity index (χ1v) is 13.6. The van der Waals surface area contributed by atoms with Crippen LogP contribution in [0.4, 0.5) is 0 Å². The summed E-state index contributed by atoms with van der Waals surface area (Å²) in [6.45, 7) is 3.79. The molecule has 216 valence electrons. The Hall–Kier alpha value is -2.93. The molecule has 0 aromatic heterocycles. The van der Waals surface area contributed by atoms with E-state index in [1.165, 1.54) is 0 Å². The summed E-state index contributed by atoms with van der Waals surface area (Å²) in [6, 6.07) is 10.7.